The highest BCUT2D eigenvalue weighted by atomic mass is 16.5. The van der Waals surface area contributed by atoms with E-state index in [2.05, 4.69) is 119 Å². The van der Waals surface area contributed by atoms with Gasteiger partial charge in [-0.25, -0.2) is 9.97 Å². The Kier molecular flexibility index (Phi) is 9.03. The quantitative estimate of drug-likeness (QED) is 0.171. The normalized spacial score (nSPS) is 16.8. The number of nitrogens with zero attached hydrogens (tertiary/aromatic N) is 6. The number of hydrogen-bond acceptors (Lipinski definition) is 9. The van der Waals surface area contributed by atoms with Gasteiger partial charge in [-0.05, 0) is 72.9 Å². The van der Waals surface area contributed by atoms with Crippen molar-refractivity contribution in [1.82, 2.24) is 24.7 Å². The van der Waals surface area contributed by atoms with Gasteiger partial charge >= 0.3 is 0 Å². The number of fused-ring (bicyclic) bond motifs is 4. The van der Waals surface area contributed by atoms with Crippen LogP contribution in [0.2, 0.25) is 0 Å². The lowest BCUT2D eigenvalue weighted by atomic mass is 9.72. The summed E-state index contributed by atoms with van der Waals surface area (Å²) in [6, 6.07) is 42.2. The van der Waals surface area contributed by atoms with Crippen LogP contribution in [0.4, 0.5) is 5.69 Å². The Bertz CT molecular complexity index is 2580. The highest BCUT2D eigenvalue weighted by Crippen LogP contribution is 2.44. The average Bonchev–Trinajstić information content (AvgIpc) is 3.75. The topological polar surface area (TPSA) is 130 Å². The van der Waals surface area contributed by atoms with Gasteiger partial charge in [0.05, 0.1) is 17.9 Å². The molecule has 3 aromatic heterocycles. The van der Waals surface area contributed by atoms with Crippen LogP contribution in [-0.2, 0) is 17.7 Å². The van der Waals surface area contributed by atoms with Gasteiger partial charge in [0.15, 0.2) is 12.4 Å². The van der Waals surface area contributed by atoms with Gasteiger partial charge < -0.3 is 25.8 Å². The van der Waals surface area contributed by atoms with Crippen LogP contribution in [0.5, 0.6) is 11.8 Å². The maximum absolute atomic E-state index is 6.51. The zero-order chi connectivity index (χ0) is 39.3. The molecule has 0 atom stereocenters. The number of nitrogens with two attached hydrogens (primary N) is 2. The molecule has 2 fully saturated rings. The van der Waals surface area contributed by atoms with Crippen molar-refractivity contribution >= 4 is 5.69 Å². The van der Waals surface area contributed by atoms with Crippen LogP contribution in [0.1, 0.15) is 55.5 Å². The number of rotatable bonds is 6. The molecular formula is C48H46N8O2. The molecule has 58 heavy (non-hydrogen) atoms. The summed E-state index contributed by atoms with van der Waals surface area (Å²) in [5.41, 5.74) is 25.4. The summed E-state index contributed by atoms with van der Waals surface area (Å²) >= 11 is 0. The van der Waals surface area contributed by atoms with Gasteiger partial charge in [-0.2, -0.15) is 0 Å². The summed E-state index contributed by atoms with van der Waals surface area (Å²) in [6.45, 7) is 1.89. The molecule has 0 unspecified atom stereocenters. The molecular weight excluding hydrogens is 721 g/mol. The van der Waals surface area contributed by atoms with Crippen LogP contribution in [0.25, 0.3) is 50.5 Å². The first-order valence-electron chi connectivity index (χ1n) is 20.2. The average molecular weight is 767 g/mol. The second-order valence-corrected chi connectivity index (χ2v) is 16.0. The molecule has 10 heteroatoms. The molecule has 0 spiro atoms. The number of hydrogen-bond donors (Lipinski definition) is 2. The first-order chi connectivity index (χ1) is 28.4. The number of likely N-dealkylation sites (N-methyl/N-ethyl adjacent to an activating group) is 1. The molecule has 10 nitrogen and oxygen atoms in total. The molecule has 2 aliphatic heterocycles. The molecule has 2 aliphatic carbocycles. The van der Waals surface area contributed by atoms with Gasteiger partial charge in [-0.3, -0.25) is 4.57 Å². The lowest BCUT2D eigenvalue weighted by molar-refractivity contribution is 0.253. The number of aromatic nitrogens is 5. The lowest BCUT2D eigenvalue weighted by Gasteiger charge is -2.38. The summed E-state index contributed by atoms with van der Waals surface area (Å²) in [5, 5.41) is 8.16. The van der Waals surface area contributed by atoms with Crippen molar-refractivity contribution in [2.75, 3.05) is 25.1 Å². The number of benzene rings is 4. The van der Waals surface area contributed by atoms with Crippen molar-refractivity contribution in [3.05, 3.63) is 145 Å². The molecule has 0 radical (unpaired) electrons. The zero-order valence-corrected chi connectivity index (χ0v) is 32.6. The summed E-state index contributed by atoms with van der Waals surface area (Å²) in [5.74, 6) is 2.08. The Morgan fingerprint density at radius 2 is 1.09 bits per heavy atom. The van der Waals surface area contributed by atoms with E-state index in [-0.39, 0.29) is 11.1 Å². The highest BCUT2D eigenvalue weighted by Gasteiger charge is 2.35. The third-order valence-electron chi connectivity index (χ3n) is 12.4. The number of pyridine rings is 2. The maximum atomic E-state index is 6.51. The van der Waals surface area contributed by atoms with Crippen molar-refractivity contribution in [2.24, 2.45) is 11.5 Å². The largest absolute Gasteiger partial charge is 0.474 e. The SMILES string of the molecule is CN1CCOc2nc(-c3ccc(C4(N)CCC4)cc3)c(-c3ccccc3)cc21.NC1(c2ccc(-c3nc4c(cc3-c3ccccc3)-n3cnnc3CO4)cc2)CCC1. The van der Waals surface area contributed by atoms with Crippen molar-refractivity contribution in [3.8, 4) is 62.2 Å². The van der Waals surface area contributed by atoms with Gasteiger partial charge in [0.2, 0.25) is 11.8 Å². The summed E-state index contributed by atoms with van der Waals surface area (Å²) in [7, 11) is 2.09. The summed E-state index contributed by atoms with van der Waals surface area (Å²) in [6.07, 6.45) is 8.36. The van der Waals surface area contributed by atoms with Crippen LogP contribution >= 0.6 is 0 Å². The maximum Gasteiger partial charge on any atom is 0.239 e. The van der Waals surface area contributed by atoms with E-state index in [0.29, 0.717) is 25.0 Å². The van der Waals surface area contributed by atoms with Gasteiger partial charge in [0.1, 0.15) is 24.3 Å². The molecule has 4 N–H and O–H groups in total. The van der Waals surface area contributed by atoms with Crippen molar-refractivity contribution in [3.63, 3.8) is 0 Å². The van der Waals surface area contributed by atoms with E-state index in [9.17, 15) is 0 Å². The zero-order valence-electron chi connectivity index (χ0n) is 32.6. The predicted octanol–water partition coefficient (Wildman–Crippen LogP) is 8.81. The van der Waals surface area contributed by atoms with Crippen molar-refractivity contribution in [1.29, 1.82) is 0 Å². The standard InChI is InChI=1S/C24H21N5O.C24H25N3O/c25-24(11-4-12-24)18-9-7-17(8-10-18)22-19(16-5-2-1-3-6-16)13-20-23(27-22)30-14-21-28-26-15-29(20)21;1-27-14-15-28-23-21(27)16-20(17-6-3-2-4-7-17)22(26-23)18-8-10-19(11-9-18)24(25)12-5-13-24/h1-3,5-10,13,15H,4,11-12,14,25H2;2-4,6-11,16H,5,12-15,25H2,1H3. The van der Waals surface area contributed by atoms with E-state index in [1.165, 1.54) is 24.0 Å². The first-order valence-corrected chi connectivity index (χ1v) is 20.2. The second-order valence-electron chi connectivity index (χ2n) is 16.0. The van der Waals surface area contributed by atoms with Crippen LogP contribution in [0.15, 0.2) is 128 Å². The van der Waals surface area contributed by atoms with E-state index in [1.807, 2.05) is 28.8 Å². The Hall–Kier alpha value is -6.36. The highest BCUT2D eigenvalue weighted by molar-refractivity contribution is 5.85. The van der Waals surface area contributed by atoms with Crippen molar-refractivity contribution < 1.29 is 9.47 Å². The minimum Gasteiger partial charge on any atom is -0.474 e. The molecule has 0 bridgehead atoms. The fourth-order valence-corrected chi connectivity index (χ4v) is 8.45. The van der Waals surface area contributed by atoms with Crippen LogP contribution in [0.3, 0.4) is 0 Å². The Balaban J connectivity index is 0.000000141. The molecule has 0 saturated heterocycles. The van der Waals surface area contributed by atoms with E-state index >= 15 is 0 Å². The van der Waals surface area contributed by atoms with Crippen LogP contribution in [-0.4, -0.2) is 44.9 Å². The van der Waals surface area contributed by atoms with E-state index in [0.717, 1.165) is 94.2 Å². The minimum absolute atomic E-state index is 0.143. The van der Waals surface area contributed by atoms with E-state index in [1.54, 1.807) is 6.33 Å². The minimum atomic E-state index is -0.169. The van der Waals surface area contributed by atoms with Gasteiger partial charge in [-0.15, -0.1) is 10.2 Å². The Morgan fingerprint density at radius 1 is 0.586 bits per heavy atom. The molecule has 5 heterocycles. The second kappa shape index (κ2) is 14.5. The lowest BCUT2D eigenvalue weighted by Crippen LogP contribution is -2.43. The third kappa shape index (κ3) is 6.48. The smallest absolute Gasteiger partial charge is 0.239 e. The summed E-state index contributed by atoms with van der Waals surface area (Å²) in [4.78, 5) is 12.1. The number of anilines is 1. The molecule has 11 rings (SSSR count). The van der Waals surface area contributed by atoms with Gasteiger partial charge in [0.25, 0.3) is 0 Å². The first kappa shape index (κ1) is 36.0. The fraction of sp³-hybridized carbons (Fsp3) is 0.250. The van der Waals surface area contributed by atoms with E-state index < -0.39 is 0 Å². The van der Waals surface area contributed by atoms with Crippen LogP contribution in [0, 0.1) is 0 Å². The van der Waals surface area contributed by atoms with Crippen molar-refractivity contribution in [2.45, 2.75) is 56.2 Å². The molecule has 4 aliphatic rings. The van der Waals surface area contributed by atoms with Gasteiger partial charge in [0, 0.05) is 40.4 Å². The number of ether oxygens (including phenoxy) is 2. The Morgan fingerprint density at radius 3 is 1.59 bits per heavy atom. The molecule has 7 aromatic rings. The molecule has 4 aromatic carbocycles. The van der Waals surface area contributed by atoms with Crippen LogP contribution < -0.4 is 25.8 Å². The monoisotopic (exact) mass is 766 g/mol. The Labute approximate surface area is 338 Å². The van der Waals surface area contributed by atoms with Gasteiger partial charge in [-0.1, -0.05) is 109 Å². The molecule has 2 saturated carbocycles. The fourth-order valence-electron chi connectivity index (χ4n) is 8.45. The molecule has 290 valence electrons. The molecule has 0 amide bonds. The predicted molar refractivity (Wildman–Crippen MR) is 228 cm³/mol. The summed E-state index contributed by atoms with van der Waals surface area (Å²) < 4.78 is 13.7. The third-order valence-corrected chi connectivity index (χ3v) is 12.4. The van der Waals surface area contributed by atoms with E-state index in [4.69, 9.17) is 30.9 Å².